The molecule has 5 nitrogen and oxygen atoms in total. The zero-order valence-corrected chi connectivity index (χ0v) is 11.5. The summed E-state index contributed by atoms with van der Waals surface area (Å²) >= 11 is 4.89. The lowest BCUT2D eigenvalue weighted by Gasteiger charge is -2.10. The van der Waals surface area contributed by atoms with E-state index in [4.69, 9.17) is 22.7 Å². The normalized spacial score (nSPS) is 10.0. The summed E-state index contributed by atoms with van der Waals surface area (Å²) in [6.07, 6.45) is 1.61. The fourth-order valence-electron chi connectivity index (χ4n) is 1.58. The van der Waals surface area contributed by atoms with Gasteiger partial charge in [0.05, 0.1) is 7.11 Å². The molecule has 0 aliphatic carbocycles. The standard InChI is InChI=1S/C13H14N4OS/c1-8-7-9(18-2)3-4-10(8)16-13-15-6-5-11(17-13)12(14)19/h3-7H,1-2H3,(H2,14,19)(H,15,16,17). The van der Waals surface area contributed by atoms with Crippen molar-refractivity contribution in [1.29, 1.82) is 0 Å². The van der Waals surface area contributed by atoms with Gasteiger partial charge in [-0.05, 0) is 36.8 Å². The summed E-state index contributed by atoms with van der Waals surface area (Å²) in [6, 6.07) is 7.38. The van der Waals surface area contributed by atoms with Crippen molar-refractivity contribution >= 4 is 28.8 Å². The maximum Gasteiger partial charge on any atom is 0.227 e. The third-order valence-corrected chi connectivity index (χ3v) is 2.80. The van der Waals surface area contributed by atoms with Crippen LogP contribution in [0.25, 0.3) is 0 Å². The molecular formula is C13H14N4OS. The number of nitrogens with one attached hydrogen (secondary N) is 1. The second-order valence-corrected chi connectivity index (χ2v) is 4.38. The Balaban J connectivity index is 2.26. The molecule has 98 valence electrons. The monoisotopic (exact) mass is 274 g/mol. The van der Waals surface area contributed by atoms with Gasteiger partial charge in [-0.25, -0.2) is 9.97 Å². The predicted molar refractivity (Wildman–Crippen MR) is 78.9 cm³/mol. The van der Waals surface area contributed by atoms with Crippen molar-refractivity contribution in [3.05, 3.63) is 41.7 Å². The molecule has 0 radical (unpaired) electrons. The van der Waals surface area contributed by atoms with Crippen LogP contribution in [-0.4, -0.2) is 22.1 Å². The average molecular weight is 274 g/mol. The topological polar surface area (TPSA) is 73.1 Å². The largest absolute Gasteiger partial charge is 0.497 e. The summed E-state index contributed by atoms with van der Waals surface area (Å²) in [5.74, 6) is 1.26. The van der Waals surface area contributed by atoms with Gasteiger partial charge in [-0.2, -0.15) is 0 Å². The molecular weight excluding hydrogens is 260 g/mol. The van der Waals surface area contributed by atoms with Crippen molar-refractivity contribution in [3.63, 3.8) is 0 Å². The molecule has 0 spiro atoms. The predicted octanol–water partition coefficient (Wildman–Crippen LogP) is 2.17. The molecule has 0 amide bonds. The van der Waals surface area contributed by atoms with Crippen molar-refractivity contribution in [2.75, 3.05) is 12.4 Å². The van der Waals surface area contributed by atoms with Crippen LogP contribution in [0.1, 0.15) is 11.3 Å². The van der Waals surface area contributed by atoms with E-state index in [2.05, 4.69) is 15.3 Å². The highest BCUT2D eigenvalue weighted by atomic mass is 32.1. The molecule has 0 aliphatic heterocycles. The molecule has 2 rings (SSSR count). The molecule has 1 aromatic heterocycles. The molecule has 2 aromatic rings. The second kappa shape index (κ2) is 5.62. The van der Waals surface area contributed by atoms with Crippen molar-refractivity contribution in [1.82, 2.24) is 9.97 Å². The van der Waals surface area contributed by atoms with E-state index in [0.29, 0.717) is 11.6 Å². The molecule has 1 heterocycles. The first-order valence-electron chi connectivity index (χ1n) is 5.64. The van der Waals surface area contributed by atoms with Crippen molar-refractivity contribution in [2.24, 2.45) is 5.73 Å². The van der Waals surface area contributed by atoms with Gasteiger partial charge >= 0.3 is 0 Å². The fraction of sp³-hybridized carbons (Fsp3) is 0.154. The number of nitrogens with zero attached hydrogens (tertiary/aromatic N) is 2. The minimum absolute atomic E-state index is 0.247. The molecule has 0 unspecified atom stereocenters. The van der Waals surface area contributed by atoms with E-state index in [9.17, 15) is 0 Å². The van der Waals surface area contributed by atoms with Crippen LogP contribution in [0.3, 0.4) is 0 Å². The molecule has 0 aliphatic rings. The van der Waals surface area contributed by atoms with Crippen LogP contribution in [-0.2, 0) is 0 Å². The number of hydrogen-bond donors (Lipinski definition) is 2. The maximum atomic E-state index is 5.54. The molecule has 3 N–H and O–H groups in total. The Labute approximate surface area is 116 Å². The summed E-state index contributed by atoms with van der Waals surface area (Å²) in [5, 5.41) is 3.13. The first kappa shape index (κ1) is 13.2. The quantitative estimate of drug-likeness (QED) is 0.832. The van der Waals surface area contributed by atoms with Gasteiger partial charge in [-0.15, -0.1) is 0 Å². The Bertz CT molecular complexity index is 615. The number of ether oxygens (including phenoxy) is 1. The van der Waals surface area contributed by atoms with Crippen LogP contribution >= 0.6 is 12.2 Å². The number of hydrogen-bond acceptors (Lipinski definition) is 5. The second-order valence-electron chi connectivity index (χ2n) is 3.94. The molecule has 0 saturated heterocycles. The van der Waals surface area contributed by atoms with Crippen LogP contribution in [0.15, 0.2) is 30.5 Å². The van der Waals surface area contributed by atoms with E-state index in [-0.39, 0.29) is 4.99 Å². The third-order valence-electron chi connectivity index (χ3n) is 2.59. The van der Waals surface area contributed by atoms with Gasteiger partial charge in [0.25, 0.3) is 0 Å². The summed E-state index contributed by atoms with van der Waals surface area (Å²) in [4.78, 5) is 8.61. The number of rotatable bonds is 4. The Morgan fingerprint density at radius 3 is 2.79 bits per heavy atom. The number of benzene rings is 1. The van der Waals surface area contributed by atoms with E-state index in [1.807, 2.05) is 25.1 Å². The Hall–Kier alpha value is -2.21. The highest BCUT2D eigenvalue weighted by molar-refractivity contribution is 7.80. The number of aryl methyl sites for hydroxylation is 1. The molecule has 6 heteroatoms. The fourth-order valence-corrected chi connectivity index (χ4v) is 1.69. The van der Waals surface area contributed by atoms with E-state index in [0.717, 1.165) is 17.0 Å². The maximum absolute atomic E-state index is 5.54. The van der Waals surface area contributed by atoms with Crippen LogP contribution in [0.4, 0.5) is 11.6 Å². The summed E-state index contributed by atoms with van der Waals surface area (Å²) in [5.41, 5.74) is 8.02. The Kier molecular flexibility index (Phi) is 3.91. The minimum Gasteiger partial charge on any atom is -0.497 e. The number of thiocarbonyl (C=S) groups is 1. The van der Waals surface area contributed by atoms with Crippen molar-refractivity contribution in [3.8, 4) is 5.75 Å². The average Bonchev–Trinajstić information content (AvgIpc) is 2.41. The van der Waals surface area contributed by atoms with Gasteiger partial charge < -0.3 is 15.8 Å². The van der Waals surface area contributed by atoms with Crippen LogP contribution in [0.5, 0.6) is 5.75 Å². The van der Waals surface area contributed by atoms with E-state index in [1.54, 1.807) is 19.4 Å². The zero-order chi connectivity index (χ0) is 13.8. The molecule has 19 heavy (non-hydrogen) atoms. The number of anilines is 2. The van der Waals surface area contributed by atoms with E-state index >= 15 is 0 Å². The smallest absolute Gasteiger partial charge is 0.227 e. The van der Waals surface area contributed by atoms with Crippen molar-refractivity contribution in [2.45, 2.75) is 6.92 Å². The Morgan fingerprint density at radius 1 is 1.37 bits per heavy atom. The number of nitrogens with two attached hydrogens (primary N) is 1. The van der Waals surface area contributed by atoms with E-state index < -0.39 is 0 Å². The molecule has 0 bridgehead atoms. The summed E-state index contributed by atoms with van der Waals surface area (Å²) in [6.45, 7) is 1.97. The van der Waals surface area contributed by atoms with Crippen LogP contribution in [0.2, 0.25) is 0 Å². The summed E-state index contributed by atoms with van der Waals surface area (Å²) < 4.78 is 5.16. The molecule has 1 aromatic carbocycles. The van der Waals surface area contributed by atoms with E-state index in [1.165, 1.54) is 0 Å². The van der Waals surface area contributed by atoms with Gasteiger partial charge in [0.2, 0.25) is 5.95 Å². The zero-order valence-electron chi connectivity index (χ0n) is 10.7. The highest BCUT2D eigenvalue weighted by Gasteiger charge is 2.05. The first-order valence-corrected chi connectivity index (χ1v) is 6.05. The van der Waals surface area contributed by atoms with Gasteiger partial charge in [-0.1, -0.05) is 12.2 Å². The molecule has 0 atom stereocenters. The lowest BCUT2D eigenvalue weighted by Crippen LogP contribution is -2.12. The highest BCUT2D eigenvalue weighted by Crippen LogP contribution is 2.23. The Morgan fingerprint density at radius 2 is 2.16 bits per heavy atom. The van der Waals surface area contributed by atoms with Gasteiger partial charge in [0, 0.05) is 11.9 Å². The molecule has 0 fully saturated rings. The van der Waals surface area contributed by atoms with Crippen molar-refractivity contribution < 1.29 is 4.74 Å². The van der Waals surface area contributed by atoms with Gasteiger partial charge in [-0.3, -0.25) is 0 Å². The lowest BCUT2D eigenvalue weighted by molar-refractivity contribution is 0.414. The first-order chi connectivity index (χ1) is 9.10. The number of methoxy groups -OCH3 is 1. The van der Waals surface area contributed by atoms with Gasteiger partial charge in [0.15, 0.2) is 0 Å². The molecule has 0 saturated carbocycles. The lowest BCUT2D eigenvalue weighted by atomic mass is 10.2. The minimum atomic E-state index is 0.247. The summed E-state index contributed by atoms with van der Waals surface area (Å²) in [7, 11) is 1.64. The van der Waals surface area contributed by atoms with Gasteiger partial charge in [0.1, 0.15) is 16.4 Å². The van der Waals surface area contributed by atoms with Crippen LogP contribution < -0.4 is 15.8 Å². The third kappa shape index (κ3) is 3.17. The SMILES string of the molecule is COc1ccc(Nc2nccc(C(N)=S)n2)c(C)c1. The number of aromatic nitrogens is 2. The van der Waals surface area contributed by atoms with Crippen LogP contribution in [0, 0.1) is 6.92 Å².